The number of azide groups is 1. The molecule has 2 heterocycles. The minimum atomic E-state index is -4.97. The topological polar surface area (TPSA) is 143 Å². The molecule has 0 amide bonds. The molecule has 2 aromatic carbocycles. The van der Waals surface area contributed by atoms with Gasteiger partial charge in [0.1, 0.15) is 33.7 Å². The maximum Gasteiger partial charge on any atom is 1.00 e. The first-order valence-corrected chi connectivity index (χ1v) is 11.1. The van der Waals surface area contributed by atoms with Gasteiger partial charge in [-0.05, 0) is 11.1 Å². The van der Waals surface area contributed by atoms with E-state index in [0.717, 1.165) is 11.1 Å². The summed E-state index contributed by atoms with van der Waals surface area (Å²) in [7, 11) is -4.97. The summed E-state index contributed by atoms with van der Waals surface area (Å²) in [6.07, 6.45) is -5.29. The van der Waals surface area contributed by atoms with Crippen LogP contribution in [0.3, 0.4) is 0 Å². The molecule has 4 unspecified atom stereocenters. The Bertz CT molecular complexity index is 1040. The van der Waals surface area contributed by atoms with Crippen LogP contribution in [0.2, 0.25) is 0 Å². The van der Waals surface area contributed by atoms with E-state index in [0.29, 0.717) is 0 Å². The largest absolute Gasteiger partial charge is 1.00 e. The van der Waals surface area contributed by atoms with Crippen molar-refractivity contribution < 1.29 is 61.5 Å². The van der Waals surface area contributed by atoms with Crippen LogP contribution in [-0.2, 0) is 35.7 Å². The molecular weight excluding hydrogens is 449 g/mol. The first kappa shape index (κ1) is 25.1. The third kappa shape index (κ3) is 5.70. The molecule has 0 bridgehead atoms. The number of benzene rings is 2. The summed E-state index contributed by atoms with van der Waals surface area (Å²) in [6, 6.07) is 18.2. The number of ether oxygens (including phenoxy) is 4. The Morgan fingerprint density at radius 2 is 1.75 bits per heavy atom. The van der Waals surface area contributed by atoms with Gasteiger partial charge in [-0.25, -0.2) is 8.42 Å². The Labute approximate surface area is 207 Å². The third-order valence-electron chi connectivity index (χ3n) is 5.16. The van der Waals surface area contributed by atoms with Crippen molar-refractivity contribution in [2.24, 2.45) is 5.11 Å². The van der Waals surface area contributed by atoms with E-state index < -0.39 is 46.2 Å². The summed E-state index contributed by atoms with van der Waals surface area (Å²) in [5.74, 6) is 0. The van der Waals surface area contributed by atoms with E-state index >= 15 is 0 Å². The average molecular weight is 469 g/mol. The number of hydrogen-bond acceptors (Lipinski definition) is 8. The summed E-state index contributed by atoms with van der Waals surface area (Å²) in [5, 5.41) is 1.62. The second kappa shape index (κ2) is 11.1. The second-order valence-corrected chi connectivity index (χ2v) is 8.70. The van der Waals surface area contributed by atoms with Crippen LogP contribution in [0, 0.1) is 0 Å². The van der Waals surface area contributed by atoms with Crippen molar-refractivity contribution in [2.75, 3.05) is 6.61 Å². The van der Waals surface area contributed by atoms with Crippen molar-refractivity contribution in [3.05, 3.63) is 82.2 Å². The molecule has 10 nitrogen and oxygen atoms in total. The Hall–Kier alpha value is -1.50. The Kier molecular flexibility index (Phi) is 8.70. The normalized spacial score (nSPS) is 29.8. The van der Waals surface area contributed by atoms with Crippen LogP contribution in [0.5, 0.6) is 0 Å². The molecule has 0 spiro atoms. The molecule has 2 saturated heterocycles. The van der Waals surface area contributed by atoms with Crippen molar-refractivity contribution in [3.63, 3.8) is 0 Å². The van der Waals surface area contributed by atoms with Crippen molar-refractivity contribution in [3.8, 4) is 0 Å². The van der Waals surface area contributed by atoms with E-state index in [4.69, 9.17) is 24.5 Å². The van der Waals surface area contributed by atoms with Crippen LogP contribution in [0.4, 0.5) is 0 Å². The third-order valence-corrected chi connectivity index (χ3v) is 6.33. The Balaban J connectivity index is 0.00000289. The quantitative estimate of drug-likeness (QED) is 0.185. The predicted octanol–water partition coefficient (Wildman–Crippen LogP) is -0.361. The predicted molar refractivity (Wildman–Crippen MR) is 106 cm³/mol. The van der Waals surface area contributed by atoms with Gasteiger partial charge in [0.15, 0.2) is 12.5 Å². The second-order valence-electron chi connectivity index (χ2n) is 7.17. The number of hydrogen-bond donors (Lipinski definition) is 0. The van der Waals surface area contributed by atoms with Gasteiger partial charge in [-0.2, -0.15) is 0 Å². The van der Waals surface area contributed by atoms with E-state index in [-0.39, 0.29) is 42.8 Å². The van der Waals surface area contributed by atoms with Gasteiger partial charge < -0.3 is 23.5 Å². The van der Waals surface area contributed by atoms with Crippen LogP contribution < -0.4 is 29.6 Å². The summed E-state index contributed by atoms with van der Waals surface area (Å²) in [5.41, 5.74) is 10.4. The standard InChI is InChI=1S/C20H21N3O7S.Na/c21-23-22-19-18(31(24,25)26)17(27-11-13-7-3-1-4-8-13)16-15(29-19)12-28-20(30-16)14-9-5-2-6-10-14;/h1-10,15-20H,11-12H2,(H,24,25,26);/q;+1/p-1/t15?,16-,17?,18?,19-,20?;/m1./s1. The molecule has 12 heteroatoms. The molecule has 0 aliphatic carbocycles. The molecule has 2 aliphatic heterocycles. The monoisotopic (exact) mass is 469 g/mol. The van der Waals surface area contributed by atoms with Gasteiger partial charge >= 0.3 is 29.6 Å². The van der Waals surface area contributed by atoms with Gasteiger partial charge in [0.05, 0.1) is 13.2 Å². The van der Waals surface area contributed by atoms with Gasteiger partial charge in [-0.15, -0.1) is 0 Å². The molecule has 4 rings (SSSR count). The maximum atomic E-state index is 12.1. The van der Waals surface area contributed by atoms with Gasteiger partial charge in [-0.1, -0.05) is 65.8 Å². The zero-order valence-corrected chi connectivity index (χ0v) is 20.1. The summed E-state index contributed by atoms with van der Waals surface area (Å²) < 4.78 is 59.7. The summed E-state index contributed by atoms with van der Waals surface area (Å²) in [4.78, 5) is 2.64. The average Bonchev–Trinajstić information content (AvgIpc) is 2.77. The molecule has 2 aromatic rings. The molecule has 2 fully saturated rings. The smallest absolute Gasteiger partial charge is 0.748 e. The molecule has 0 N–H and O–H groups in total. The number of fused-ring (bicyclic) bond motifs is 1. The summed E-state index contributed by atoms with van der Waals surface area (Å²) in [6.45, 7) is 0.0719. The maximum absolute atomic E-state index is 12.1. The van der Waals surface area contributed by atoms with Crippen LogP contribution in [-0.4, -0.2) is 49.4 Å². The molecular formula is C20H20N3NaO7S. The first-order valence-electron chi connectivity index (χ1n) is 9.59. The number of rotatable bonds is 6. The van der Waals surface area contributed by atoms with E-state index in [1.165, 1.54) is 0 Å². The fourth-order valence-electron chi connectivity index (χ4n) is 3.75. The van der Waals surface area contributed by atoms with E-state index in [2.05, 4.69) is 10.0 Å². The SMILES string of the molecule is [N-]=[N+]=N[C@@H]1OC2COC(c3ccccc3)O[C@H]2C(OCc2ccccc2)C1S(=O)(=O)[O-].[Na+]. The van der Waals surface area contributed by atoms with Crippen LogP contribution in [0.25, 0.3) is 10.4 Å². The van der Waals surface area contributed by atoms with Gasteiger partial charge in [0.25, 0.3) is 0 Å². The van der Waals surface area contributed by atoms with Crippen LogP contribution in [0.15, 0.2) is 65.8 Å². The molecule has 32 heavy (non-hydrogen) atoms. The molecule has 0 radical (unpaired) electrons. The summed E-state index contributed by atoms with van der Waals surface area (Å²) >= 11 is 0. The minimum absolute atomic E-state index is 0. The fourth-order valence-corrected chi connectivity index (χ4v) is 4.72. The van der Waals surface area contributed by atoms with Gasteiger partial charge in [-0.3, -0.25) is 0 Å². The van der Waals surface area contributed by atoms with Crippen molar-refractivity contribution in [1.82, 2.24) is 0 Å². The van der Waals surface area contributed by atoms with Crippen molar-refractivity contribution in [2.45, 2.75) is 42.7 Å². The van der Waals surface area contributed by atoms with Crippen molar-refractivity contribution in [1.29, 1.82) is 0 Å². The van der Waals surface area contributed by atoms with E-state index in [1.54, 1.807) is 24.3 Å². The Morgan fingerprint density at radius 1 is 1.09 bits per heavy atom. The first-order chi connectivity index (χ1) is 15.0. The van der Waals surface area contributed by atoms with Gasteiger partial charge in [0.2, 0.25) is 0 Å². The van der Waals surface area contributed by atoms with Crippen molar-refractivity contribution >= 4 is 10.1 Å². The number of nitrogens with zero attached hydrogens (tertiary/aromatic N) is 3. The molecule has 2 aliphatic rings. The molecule has 0 saturated carbocycles. The van der Waals surface area contributed by atoms with E-state index in [9.17, 15) is 13.0 Å². The fraction of sp³-hybridized carbons (Fsp3) is 0.400. The van der Waals surface area contributed by atoms with Crippen LogP contribution >= 0.6 is 0 Å². The molecule has 6 atom stereocenters. The van der Waals surface area contributed by atoms with Crippen LogP contribution in [0.1, 0.15) is 17.4 Å². The zero-order chi connectivity index (χ0) is 21.8. The molecule has 0 aromatic heterocycles. The van der Waals surface area contributed by atoms with Gasteiger partial charge in [0, 0.05) is 10.5 Å². The van der Waals surface area contributed by atoms with E-state index in [1.807, 2.05) is 36.4 Å². The zero-order valence-electron chi connectivity index (χ0n) is 17.3. The Morgan fingerprint density at radius 3 is 2.38 bits per heavy atom. The molecule has 164 valence electrons. The minimum Gasteiger partial charge on any atom is -0.748 e.